The number of aliphatic hydroxyl groups is 1. The van der Waals surface area contributed by atoms with Crippen molar-refractivity contribution in [1.29, 1.82) is 0 Å². The lowest BCUT2D eigenvalue weighted by Crippen LogP contribution is -2.48. The van der Waals surface area contributed by atoms with Crippen LogP contribution in [0.3, 0.4) is 0 Å². The Bertz CT molecular complexity index is 496. The van der Waals surface area contributed by atoms with Gasteiger partial charge in [-0.3, -0.25) is 4.79 Å². The van der Waals surface area contributed by atoms with E-state index in [1.165, 1.54) is 12.1 Å². The highest BCUT2D eigenvalue weighted by atomic mass is 19.1. The Morgan fingerprint density at radius 3 is 2.45 bits per heavy atom. The molecule has 2 aliphatic carbocycles. The van der Waals surface area contributed by atoms with Crippen LogP contribution < -0.4 is 5.32 Å². The van der Waals surface area contributed by atoms with E-state index in [4.69, 9.17) is 0 Å². The molecule has 2 saturated carbocycles. The van der Waals surface area contributed by atoms with Crippen LogP contribution in [0.4, 0.5) is 4.39 Å². The third-order valence-corrected chi connectivity index (χ3v) is 4.63. The van der Waals surface area contributed by atoms with Crippen LogP contribution in [0.15, 0.2) is 24.3 Å². The van der Waals surface area contributed by atoms with Crippen LogP contribution in [0.25, 0.3) is 0 Å². The van der Waals surface area contributed by atoms with Gasteiger partial charge in [0.15, 0.2) is 0 Å². The standard InChI is InChI=1S/C16H20FNO2/c17-12-7-5-11(6-8-12)16(9-10-16)15(20)18-13-3-1-2-4-14(13)19/h5-8,13-14,19H,1-4,9-10H2,(H,18,20). The summed E-state index contributed by atoms with van der Waals surface area (Å²) < 4.78 is 13.0. The van der Waals surface area contributed by atoms with Gasteiger partial charge in [-0.15, -0.1) is 0 Å². The fourth-order valence-electron chi connectivity index (χ4n) is 3.13. The zero-order valence-corrected chi connectivity index (χ0v) is 11.4. The van der Waals surface area contributed by atoms with E-state index >= 15 is 0 Å². The number of benzene rings is 1. The van der Waals surface area contributed by atoms with E-state index in [-0.39, 0.29) is 17.8 Å². The molecule has 0 radical (unpaired) electrons. The highest BCUT2D eigenvalue weighted by Crippen LogP contribution is 2.48. The van der Waals surface area contributed by atoms with Crippen molar-refractivity contribution in [3.63, 3.8) is 0 Å². The minimum Gasteiger partial charge on any atom is -0.391 e. The molecule has 20 heavy (non-hydrogen) atoms. The molecule has 3 rings (SSSR count). The van der Waals surface area contributed by atoms with Gasteiger partial charge in [-0.2, -0.15) is 0 Å². The second-order valence-corrected chi connectivity index (χ2v) is 6.02. The summed E-state index contributed by atoms with van der Waals surface area (Å²) in [6.07, 6.45) is 4.83. The lowest BCUT2D eigenvalue weighted by Gasteiger charge is -2.30. The normalized spacial score (nSPS) is 27.9. The van der Waals surface area contributed by atoms with Gasteiger partial charge in [0.2, 0.25) is 5.91 Å². The first kappa shape index (κ1) is 13.6. The summed E-state index contributed by atoms with van der Waals surface area (Å²) in [4.78, 5) is 12.5. The van der Waals surface area contributed by atoms with E-state index in [1.54, 1.807) is 12.1 Å². The summed E-state index contributed by atoms with van der Waals surface area (Å²) in [5.41, 5.74) is 0.381. The van der Waals surface area contributed by atoms with Gasteiger partial charge in [-0.05, 0) is 43.4 Å². The Morgan fingerprint density at radius 2 is 1.85 bits per heavy atom. The molecule has 2 atom stereocenters. The largest absolute Gasteiger partial charge is 0.391 e. The third-order valence-electron chi connectivity index (χ3n) is 4.63. The Balaban J connectivity index is 1.71. The van der Waals surface area contributed by atoms with Crippen LogP contribution in [0.2, 0.25) is 0 Å². The number of halogens is 1. The van der Waals surface area contributed by atoms with E-state index in [2.05, 4.69) is 5.32 Å². The minimum absolute atomic E-state index is 0.0185. The maximum absolute atomic E-state index is 13.0. The third kappa shape index (κ3) is 2.44. The summed E-state index contributed by atoms with van der Waals surface area (Å²) in [5.74, 6) is -0.303. The van der Waals surface area contributed by atoms with Crippen LogP contribution in [0, 0.1) is 5.82 Å². The first-order chi connectivity index (χ1) is 9.62. The highest BCUT2D eigenvalue weighted by molar-refractivity contribution is 5.91. The molecular formula is C16H20FNO2. The molecule has 2 fully saturated rings. The molecule has 2 aliphatic rings. The van der Waals surface area contributed by atoms with E-state index in [0.29, 0.717) is 0 Å². The van der Waals surface area contributed by atoms with Gasteiger partial charge in [0.05, 0.1) is 17.6 Å². The van der Waals surface area contributed by atoms with Crippen molar-refractivity contribution in [3.05, 3.63) is 35.6 Å². The van der Waals surface area contributed by atoms with Gasteiger partial charge in [0, 0.05) is 0 Å². The summed E-state index contributed by atoms with van der Waals surface area (Å²) in [6, 6.07) is 6.06. The number of amides is 1. The molecule has 1 amide bonds. The second-order valence-electron chi connectivity index (χ2n) is 6.02. The van der Waals surface area contributed by atoms with Crippen molar-refractivity contribution in [3.8, 4) is 0 Å². The fraction of sp³-hybridized carbons (Fsp3) is 0.562. The van der Waals surface area contributed by atoms with Crippen LogP contribution in [-0.2, 0) is 10.2 Å². The van der Waals surface area contributed by atoms with Crippen molar-refractivity contribution in [2.45, 2.75) is 56.1 Å². The van der Waals surface area contributed by atoms with Crippen LogP contribution >= 0.6 is 0 Å². The molecule has 1 aromatic carbocycles. The van der Waals surface area contributed by atoms with Gasteiger partial charge >= 0.3 is 0 Å². The van der Waals surface area contributed by atoms with E-state index in [9.17, 15) is 14.3 Å². The molecule has 0 bridgehead atoms. The summed E-state index contributed by atoms with van der Waals surface area (Å²) in [5, 5.41) is 12.9. The average molecular weight is 277 g/mol. The Kier molecular flexibility index (Phi) is 3.50. The molecule has 0 aliphatic heterocycles. The van der Waals surface area contributed by atoms with Gasteiger partial charge < -0.3 is 10.4 Å². The van der Waals surface area contributed by atoms with Gasteiger partial charge in [-0.25, -0.2) is 4.39 Å². The first-order valence-electron chi connectivity index (χ1n) is 7.37. The van der Waals surface area contributed by atoms with Crippen molar-refractivity contribution in [1.82, 2.24) is 5.32 Å². The monoisotopic (exact) mass is 277 g/mol. The first-order valence-corrected chi connectivity index (χ1v) is 7.37. The highest BCUT2D eigenvalue weighted by Gasteiger charge is 2.51. The quantitative estimate of drug-likeness (QED) is 0.890. The second kappa shape index (κ2) is 5.17. The Morgan fingerprint density at radius 1 is 1.20 bits per heavy atom. The molecule has 3 nitrogen and oxygen atoms in total. The zero-order valence-electron chi connectivity index (χ0n) is 11.4. The van der Waals surface area contributed by atoms with E-state index < -0.39 is 11.5 Å². The predicted molar refractivity (Wildman–Crippen MR) is 73.7 cm³/mol. The molecule has 0 spiro atoms. The molecule has 0 saturated heterocycles. The molecule has 4 heteroatoms. The lowest BCUT2D eigenvalue weighted by molar-refractivity contribution is -0.125. The van der Waals surface area contributed by atoms with Crippen LogP contribution in [0.1, 0.15) is 44.1 Å². The number of rotatable bonds is 3. The molecule has 0 heterocycles. The molecule has 108 valence electrons. The Hall–Kier alpha value is -1.42. The van der Waals surface area contributed by atoms with E-state index in [1.807, 2.05) is 0 Å². The molecule has 2 N–H and O–H groups in total. The van der Waals surface area contributed by atoms with Crippen LogP contribution in [0.5, 0.6) is 0 Å². The fourth-order valence-corrected chi connectivity index (χ4v) is 3.13. The van der Waals surface area contributed by atoms with Gasteiger partial charge in [0.1, 0.15) is 5.82 Å². The van der Waals surface area contributed by atoms with Crippen molar-refractivity contribution in [2.75, 3.05) is 0 Å². The SMILES string of the molecule is O=C(NC1CCCCC1O)C1(c2ccc(F)cc2)CC1. The smallest absolute Gasteiger partial charge is 0.230 e. The number of carbonyl (C=O) groups is 1. The number of hydrogen-bond acceptors (Lipinski definition) is 2. The zero-order chi connectivity index (χ0) is 14.2. The molecule has 0 aromatic heterocycles. The number of hydrogen-bond donors (Lipinski definition) is 2. The number of aliphatic hydroxyl groups excluding tert-OH is 1. The Labute approximate surface area is 118 Å². The van der Waals surface area contributed by atoms with Crippen molar-refractivity contribution in [2.24, 2.45) is 0 Å². The van der Waals surface area contributed by atoms with Crippen molar-refractivity contribution >= 4 is 5.91 Å². The van der Waals surface area contributed by atoms with Crippen molar-refractivity contribution < 1.29 is 14.3 Å². The average Bonchev–Trinajstić information content (AvgIpc) is 3.24. The summed E-state index contributed by atoms with van der Waals surface area (Å²) in [7, 11) is 0. The lowest BCUT2D eigenvalue weighted by atomic mass is 9.90. The van der Waals surface area contributed by atoms with Gasteiger partial charge in [-0.1, -0.05) is 25.0 Å². The maximum atomic E-state index is 13.0. The molecule has 1 aromatic rings. The van der Waals surface area contributed by atoms with E-state index in [0.717, 1.165) is 44.1 Å². The predicted octanol–water partition coefficient (Wildman–Crippen LogP) is 2.28. The summed E-state index contributed by atoms with van der Waals surface area (Å²) >= 11 is 0. The van der Waals surface area contributed by atoms with Gasteiger partial charge in [0.25, 0.3) is 0 Å². The summed E-state index contributed by atoms with van der Waals surface area (Å²) in [6.45, 7) is 0. The maximum Gasteiger partial charge on any atom is 0.230 e. The minimum atomic E-state index is -0.495. The molecule has 2 unspecified atom stereocenters. The molecular weight excluding hydrogens is 257 g/mol. The van der Waals surface area contributed by atoms with Crippen LogP contribution in [-0.4, -0.2) is 23.2 Å². The topological polar surface area (TPSA) is 49.3 Å². The number of nitrogens with one attached hydrogen (secondary N) is 1. The number of carbonyl (C=O) groups excluding carboxylic acids is 1.